The van der Waals surface area contributed by atoms with Crippen molar-refractivity contribution in [3.05, 3.63) is 30.6 Å². The van der Waals surface area contributed by atoms with E-state index in [4.69, 9.17) is 0 Å². The molecule has 2 aromatic heterocycles. The van der Waals surface area contributed by atoms with Crippen LogP contribution in [0, 0.1) is 5.41 Å². The Bertz CT molecular complexity index is 547. The van der Waals surface area contributed by atoms with E-state index in [0.29, 0.717) is 5.41 Å². The van der Waals surface area contributed by atoms with E-state index in [-0.39, 0.29) is 0 Å². The minimum atomic E-state index is 0.373. The van der Waals surface area contributed by atoms with Gasteiger partial charge in [0.05, 0.1) is 0 Å². The van der Waals surface area contributed by atoms with Crippen LogP contribution < -0.4 is 10.2 Å². The lowest BCUT2D eigenvalue weighted by atomic mass is 9.90. The van der Waals surface area contributed by atoms with E-state index >= 15 is 0 Å². The smallest absolute Gasteiger partial charge is 0.138 e. The third-order valence-corrected chi connectivity index (χ3v) is 3.89. The molecule has 0 amide bonds. The average molecular weight is 244 g/mol. The molecule has 1 unspecified atom stereocenters. The van der Waals surface area contributed by atoms with Gasteiger partial charge in [0, 0.05) is 32.0 Å². The van der Waals surface area contributed by atoms with Gasteiger partial charge in [-0.25, -0.2) is 4.98 Å². The number of imidazole rings is 1. The van der Waals surface area contributed by atoms with Gasteiger partial charge in [0.15, 0.2) is 0 Å². The van der Waals surface area contributed by atoms with Crippen LogP contribution in [0.2, 0.25) is 0 Å². The lowest BCUT2D eigenvalue weighted by molar-refractivity contribution is 0.355. The molecule has 1 aliphatic heterocycles. The molecule has 0 saturated carbocycles. The number of nitrogens with one attached hydrogen (secondary N) is 1. The Morgan fingerprint density at radius 1 is 1.44 bits per heavy atom. The maximum absolute atomic E-state index is 4.35. The van der Waals surface area contributed by atoms with Gasteiger partial charge in [-0.05, 0) is 31.0 Å². The SMILES string of the molecule is CNCC1(C)CCN(c2cccc3nccn23)C1. The molecular weight excluding hydrogens is 224 g/mol. The molecule has 2 aromatic rings. The van der Waals surface area contributed by atoms with E-state index in [1.165, 1.54) is 12.2 Å². The Hall–Kier alpha value is -1.55. The first kappa shape index (κ1) is 11.5. The molecule has 0 bridgehead atoms. The summed E-state index contributed by atoms with van der Waals surface area (Å²) in [5.41, 5.74) is 1.40. The van der Waals surface area contributed by atoms with Gasteiger partial charge in [0.2, 0.25) is 0 Å². The van der Waals surface area contributed by atoms with Crippen molar-refractivity contribution in [3.63, 3.8) is 0 Å². The van der Waals surface area contributed by atoms with Crippen LogP contribution in [0.15, 0.2) is 30.6 Å². The summed E-state index contributed by atoms with van der Waals surface area (Å²) >= 11 is 0. The number of anilines is 1. The lowest BCUT2D eigenvalue weighted by Crippen LogP contribution is -2.33. The van der Waals surface area contributed by atoms with Crippen LogP contribution in [-0.2, 0) is 0 Å². The molecule has 4 heteroatoms. The highest BCUT2D eigenvalue weighted by Gasteiger charge is 2.33. The Labute approximate surface area is 108 Å². The fraction of sp³-hybridized carbons (Fsp3) is 0.500. The third kappa shape index (κ3) is 1.86. The van der Waals surface area contributed by atoms with Crippen LogP contribution in [-0.4, -0.2) is 36.1 Å². The summed E-state index contributed by atoms with van der Waals surface area (Å²) < 4.78 is 2.17. The third-order valence-electron chi connectivity index (χ3n) is 3.89. The first-order chi connectivity index (χ1) is 8.72. The lowest BCUT2D eigenvalue weighted by Gasteiger charge is -2.25. The Balaban J connectivity index is 1.90. The molecule has 3 rings (SSSR count). The van der Waals surface area contributed by atoms with Crippen molar-refractivity contribution in [2.45, 2.75) is 13.3 Å². The second-order valence-electron chi connectivity index (χ2n) is 5.55. The van der Waals surface area contributed by atoms with E-state index < -0.39 is 0 Å². The van der Waals surface area contributed by atoms with Gasteiger partial charge in [0.25, 0.3) is 0 Å². The van der Waals surface area contributed by atoms with Crippen molar-refractivity contribution in [3.8, 4) is 0 Å². The summed E-state index contributed by atoms with van der Waals surface area (Å²) in [6.07, 6.45) is 5.14. The number of pyridine rings is 1. The first-order valence-corrected chi connectivity index (χ1v) is 6.53. The maximum atomic E-state index is 4.35. The van der Waals surface area contributed by atoms with Crippen molar-refractivity contribution < 1.29 is 0 Å². The molecule has 3 heterocycles. The number of rotatable bonds is 3. The minimum absolute atomic E-state index is 0.373. The average Bonchev–Trinajstić information content (AvgIpc) is 2.95. The summed E-state index contributed by atoms with van der Waals surface area (Å²) in [5, 5.41) is 3.31. The Morgan fingerprint density at radius 3 is 3.17 bits per heavy atom. The van der Waals surface area contributed by atoms with Crippen LogP contribution in [0.1, 0.15) is 13.3 Å². The molecule has 1 aliphatic rings. The zero-order chi connectivity index (χ0) is 12.6. The number of nitrogens with zero attached hydrogens (tertiary/aromatic N) is 3. The number of fused-ring (bicyclic) bond motifs is 1. The summed E-state index contributed by atoms with van der Waals surface area (Å²) in [6, 6.07) is 6.32. The number of aromatic nitrogens is 2. The quantitative estimate of drug-likeness (QED) is 0.893. The fourth-order valence-corrected chi connectivity index (χ4v) is 2.98. The molecule has 0 radical (unpaired) electrons. The second-order valence-corrected chi connectivity index (χ2v) is 5.55. The molecule has 18 heavy (non-hydrogen) atoms. The van der Waals surface area contributed by atoms with Crippen molar-refractivity contribution >= 4 is 11.5 Å². The fourth-order valence-electron chi connectivity index (χ4n) is 2.98. The molecular formula is C14H20N4. The summed E-state index contributed by atoms with van der Waals surface area (Å²) in [4.78, 5) is 6.81. The maximum Gasteiger partial charge on any atom is 0.138 e. The van der Waals surface area contributed by atoms with Gasteiger partial charge in [-0.1, -0.05) is 13.0 Å². The van der Waals surface area contributed by atoms with Crippen molar-refractivity contribution in [2.75, 3.05) is 31.6 Å². The van der Waals surface area contributed by atoms with Crippen molar-refractivity contribution in [1.29, 1.82) is 0 Å². The van der Waals surface area contributed by atoms with Crippen LogP contribution >= 0.6 is 0 Å². The highest BCUT2D eigenvalue weighted by Crippen LogP contribution is 2.32. The standard InChI is InChI=1S/C14H20N4/c1-14(10-15-2)6-8-17(11-14)13-5-3-4-12-16-7-9-18(12)13/h3-5,7,9,15H,6,8,10-11H2,1-2H3. The number of hydrogen-bond acceptors (Lipinski definition) is 3. The molecule has 1 N–H and O–H groups in total. The van der Waals surface area contributed by atoms with Gasteiger partial charge in [-0.2, -0.15) is 0 Å². The molecule has 0 aromatic carbocycles. The van der Waals surface area contributed by atoms with Crippen molar-refractivity contribution in [2.24, 2.45) is 5.41 Å². The molecule has 1 saturated heterocycles. The van der Waals surface area contributed by atoms with Gasteiger partial charge in [-0.15, -0.1) is 0 Å². The van der Waals surface area contributed by atoms with Crippen LogP contribution in [0.4, 0.5) is 5.82 Å². The van der Waals surface area contributed by atoms with Gasteiger partial charge in [-0.3, -0.25) is 4.40 Å². The Morgan fingerprint density at radius 2 is 2.33 bits per heavy atom. The predicted molar refractivity (Wildman–Crippen MR) is 74.1 cm³/mol. The van der Waals surface area contributed by atoms with E-state index in [9.17, 15) is 0 Å². The highest BCUT2D eigenvalue weighted by atomic mass is 15.2. The van der Waals surface area contributed by atoms with Gasteiger partial charge in [0.1, 0.15) is 11.5 Å². The largest absolute Gasteiger partial charge is 0.357 e. The Kier molecular flexibility index (Phi) is 2.74. The predicted octanol–water partition coefficient (Wildman–Crippen LogP) is 1.77. The van der Waals surface area contributed by atoms with E-state index in [1.54, 1.807) is 0 Å². The van der Waals surface area contributed by atoms with Crippen LogP contribution in [0.25, 0.3) is 5.65 Å². The molecule has 0 spiro atoms. The summed E-state index contributed by atoms with van der Waals surface area (Å²) in [6.45, 7) is 5.65. The van der Waals surface area contributed by atoms with E-state index in [2.05, 4.69) is 38.7 Å². The van der Waals surface area contributed by atoms with E-state index in [1.807, 2.05) is 25.5 Å². The number of hydrogen-bond donors (Lipinski definition) is 1. The molecule has 1 fully saturated rings. The topological polar surface area (TPSA) is 32.6 Å². The van der Waals surface area contributed by atoms with Gasteiger partial charge >= 0.3 is 0 Å². The van der Waals surface area contributed by atoms with Crippen molar-refractivity contribution in [1.82, 2.24) is 14.7 Å². The minimum Gasteiger partial charge on any atom is -0.357 e. The molecule has 1 atom stereocenters. The normalized spacial score (nSPS) is 24.0. The second kappa shape index (κ2) is 4.28. The molecule has 4 nitrogen and oxygen atoms in total. The summed E-state index contributed by atoms with van der Waals surface area (Å²) in [5.74, 6) is 1.25. The van der Waals surface area contributed by atoms with Gasteiger partial charge < -0.3 is 10.2 Å². The monoisotopic (exact) mass is 244 g/mol. The van der Waals surface area contributed by atoms with Crippen LogP contribution in [0.5, 0.6) is 0 Å². The molecule has 0 aliphatic carbocycles. The highest BCUT2D eigenvalue weighted by molar-refractivity contribution is 5.52. The first-order valence-electron chi connectivity index (χ1n) is 6.53. The molecule has 96 valence electrons. The zero-order valence-electron chi connectivity index (χ0n) is 11.1. The summed E-state index contributed by atoms with van der Waals surface area (Å²) in [7, 11) is 2.03. The van der Waals surface area contributed by atoms with Crippen LogP contribution in [0.3, 0.4) is 0 Å². The zero-order valence-corrected chi connectivity index (χ0v) is 11.1. The van der Waals surface area contributed by atoms with E-state index in [0.717, 1.165) is 25.3 Å².